The van der Waals surface area contributed by atoms with Crippen LogP contribution < -0.4 is 15.4 Å². The summed E-state index contributed by atoms with van der Waals surface area (Å²) in [5.74, 6) is 0.675. The number of para-hydroxylation sites is 1. The molecule has 0 bridgehead atoms. The average Bonchev–Trinajstić information content (AvgIpc) is 2.54. The van der Waals surface area contributed by atoms with E-state index in [9.17, 15) is 4.79 Å². The topological polar surface area (TPSA) is 50.4 Å². The standard InChI is InChI=1S/C17H19ClN2O2/c1-12(15-5-3-4-6-16(15)22-2)20-17(21)11-19-14-9-7-13(18)8-10-14/h3-10,12,19H,11H2,1-2H3,(H,20,21). The Bertz CT molecular complexity index is 629. The minimum Gasteiger partial charge on any atom is -0.496 e. The Kier molecular flexibility index (Phi) is 5.67. The molecule has 2 N–H and O–H groups in total. The Labute approximate surface area is 135 Å². The Morgan fingerprint density at radius 1 is 1.18 bits per heavy atom. The fourth-order valence-electron chi connectivity index (χ4n) is 2.14. The highest BCUT2D eigenvalue weighted by Gasteiger charge is 2.13. The second-order valence-electron chi connectivity index (χ2n) is 4.89. The van der Waals surface area contributed by atoms with Crippen LogP contribution in [0.2, 0.25) is 5.02 Å². The van der Waals surface area contributed by atoms with Crippen LogP contribution in [0.3, 0.4) is 0 Å². The monoisotopic (exact) mass is 318 g/mol. The predicted molar refractivity (Wildman–Crippen MR) is 89.5 cm³/mol. The molecular formula is C17H19ClN2O2. The van der Waals surface area contributed by atoms with Gasteiger partial charge in [0.2, 0.25) is 5.91 Å². The summed E-state index contributed by atoms with van der Waals surface area (Å²) in [5, 5.41) is 6.67. The molecule has 0 fully saturated rings. The smallest absolute Gasteiger partial charge is 0.239 e. The predicted octanol–water partition coefficient (Wildman–Crippen LogP) is 3.64. The van der Waals surface area contributed by atoms with Crippen LogP contribution in [0.4, 0.5) is 5.69 Å². The molecule has 0 saturated heterocycles. The largest absolute Gasteiger partial charge is 0.496 e. The molecule has 5 heteroatoms. The molecule has 0 heterocycles. The molecule has 0 radical (unpaired) electrons. The molecular weight excluding hydrogens is 300 g/mol. The van der Waals surface area contributed by atoms with Crippen molar-refractivity contribution in [3.63, 3.8) is 0 Å². The number of carbonyl (C=O) groups excluding carboxylic acids is 1. The maximum atomic E-state index is 12.0. The van der Waals surface area contributed by atoms with Gasteiger partial charge in [-0.3, -0.25) is 4.79 Å². The van der Waals surface area contributed by atoms with Gasteiger partial charge in [0.15, 0.2) is 0 Å². The number of methoxy groups -OCH3 is 1. The molecule has 0 aliphatic heterocycles. The van der Waals surface area contributed by atoms with E-state index in [2.05, 4.69) is 10.6 Å². The summed E-state index contributed by atoms with van der Waals surface area (Å²) >= 11 is 5.82. The van der Waals surface area contributed by atoms with E-state index in [-0.39, 0.29) is 18.5 Å². The number of halogens is 1. The summed E-state index contributed by atoms with van der Waals surface area (Å²) in [6.45, 7) is 2.12. The number of amides is 1. The van der Waals surface area contributed by atoms with Crippen LogP contribution in [-0.2, 0) is 4.79 Å². The van der Waals surface area contributed by atoms with Gasteiger partial charge in [0, 0.05) is 16.3 Å². The first-order valence-corrected chi connectivity index (χ1v) is 7.39. The van der Waals surface area contributed by atoms with Crippen LogP contribution >= 0.6 is 11.6 Å². The third-order valence-corrected chi connectivity index (χ3v) is 3.53. The van der Waals surface area contributed by atoms with Gasteiger partial charge in [0.25, 0.3) is 0 Å². The maximum absolute atomic E-state index is 12.0. The SMILES string of the molecule is COc1ccccc1C(C)NC(=O)CNc1ccc(Cl)cc1. The van der Waals surface area contributed by atoms with E-state index in [1.807, 2.05) is 43.3 Å². The first kappa shape index (κ1) is 16.2. The summed E-state index contributed by atoms with van der Waals surface area (Å²) in [4.78, 5) is 12.0. The summed E-state index contributed by atoms with van der Waals surface area (Å²) < 4.78 is 5.31. The van der Waals surface area contributed by atoms with E-state index >= 15 is 0 Å². The maximum Gasteiger partial charge on any atom is 0.239 e. The zero-order valence-corrected chi connectivity index (χ0v) is 13.4. The van der Waals surface area contributed by atoms with E-state index in [1.54, 1.807) is 19.2 Å². The average molecular weight is 319 g/mol. The van der Waals surface area contributed by atoms with Gasteiger partial charge in [-0.1, -0.05) is 29.8 Å². The molecule has 1 unspecified atom stereocenters. The van der Waals surface area contributed by atoms with Crippen molar-refractivity contribution in [3.8, 4) is 5.75 Å². The first-order chi connectivity index (χ1) is 10.6. The lowest BCUT2D eigenvalue weighted by Crippen LogP contribution is -2.32. The number of ether oxygens (including phenoxy) is 1. The summed E-state index contributed by atoms with van der Waals surface area (Å²) in [7, 11) is 1.62. The normalized spacial score (nSPS) is 11.6. The Morgan fingerprint density at radius 3 is 2.55 bits per heavy atom. The molecule has 4 nitrogen and oxygen atoms in total. The summed E-state index contributed by atoms with van der Waals surface area (Å²) in [6, 6.07) is 14.7. The molecule has 116 valence electrons. The van der Waals surface area contributed by atoms with Crippen molar-refractivity contribution >= 4 is 23.2 Å². The van der Waals surface area contributed by atoms with E-state index in [0.29, 0.717) is 5.02 Å². The molecule has 1 amide bonds. The molecule has 2 rings (SSSR count). The molecule has 0 saturated carbocycles. The molecule has 2 aromatic rings. The number of rotatable bonds is 6. The van der Waals surface area contributed by atoms with Gasteiger partial charge >= 0.3 is 0 Å². The van der Waals surface area contributed by atoms with Gasteiger partial charge in [-0.05, 0) is 37.3 Å². The van der Waals surface area contributed by atoms with Crippen LogP contribution in [0.15, 0.2) is 48.5 Å². The number of carbonyl (C=O) groups is 1. The van der Waals surface area contributed by atoms with Gasteiger partial charge in [0.1, 0.15) is 5.75 Å². The highest BCUT2D eigenvalue weighted by molar-refractivity contribution is 6.30. The molecule has 2 aromatic carbocycles. The molecule has 0 spiro atoms. The van der Waals surface area contributed by atoms with Gasteiger partial charge in [-0.15, -0.1) is 0 Å². The van der Waals surface area contributed by atoms with Gasteiger partial charge in [-0.2, -0.15) is 0 Å². The van der Waals surface area contributed by atoms with Crippen molar-refractivity contribution < 1.29 is 9.53 Å². The Hall–Kier alpha value is -2.20. The second kappa shape index (κ2) is 7.71. The first-order valence-electron chi connectivity index (χ1n) is 7.02. The lowest BCUT2D eigenvalue weighted by molar-refractivity contribution is -0.120. The van der Waals surface area contributed by atoms with Crippen molar-refractivity contribution in [2.45, 2.75) is 13.0 Å². The van der Waals surface area contributed by atoms with Crippen LogP contribution in [0.5, 0.6) is 5.75 Å². The van der Waals surface area contributed by atoms with Crippen molar-refractivity contribution in [2.75, 3.05) is 19.0 Å². The highest BCUT2D eigenvalue weighted by Crippen LogP contribution is 2.24. The molecule has 0 aliphatic rings. The van der Waals surface area contributed by atoms with Crippen molar-refractivity contribution in [2.24, 2.45) is 0 Å². The van der Waals surface area contributed by atoms with Crippen molar-refractivity contribution in [3.05, 3.63) is 59.1 Å². The van der Waals surface area contributed by atoms with Gasteiger partial charge in [-0.25, -0.2) is 0 Å². The Morgan fingerprint density at radius 2 is 1.86 bits per heavy atom. The third-order valence-electron chi connectivity index (χ3n) is 3.28. The fraction of sp³-hybridized carbons (Fsp3) is 0.235. The molecule has 0 aromatic heterocycles. The minimum absolute atomic E-state index is 0.0895. The summed E-state index contributed by atoms with van der Waals surface area (Å²) in [6.07, 6.45) is 0. The summed E-state index contributed by atoms with van der Waals surface area (Å²) in [5.41, 5.74) is 1.80. The van der Waals surface area contributed by atoms with Crippen molar-refractivity contribution in [1.29, 1.82) is 0 Å². The van der Waals surface area contributed by atoms with Crippen molar-refractivity contribution in [1.82, 2.24) is 5.32 Å². The van der Waals surface area contributed by atoms with Crippen LogP contribution in [-0.4, -0.2) is 19.6 Å². The number of hydrogen-bond donors (Lipinski definition) is 2. The van der Waals surface area contributed by atoms with E-state index in [4.69, 9.17) is 16.3 Å². The number of hydrogen-bond acceptors (Lipinski definition) is 3. The second-order valence-corrected chi connectivity index (χ2v) is 5.33. The van der Waals surface area contributed by atoms with Gasteiger partial charge < -0.3 is 15.4 Å². The fourth-order valence-corrected chi connectivity index (χ4v) is 2.27. The van der Waals surface area contributed by atoms with Crippen LogP contribution in [0.25, 0.3) is 0 Å². The Balaban J connectivity index is 1.90. The number of benzene rings is 2. The third kappa shape index (κ3) is 4.40. The lowest BCUT2D eigenvalue weighted by atomic mass is 10.1. The lowest BCUT2D eigenvalue weighted by Gasteiger charge is -2.17. The number of anilines is 1. The van der Waals surface area contributed by atoms with E-state index < -0.39 is 0 Å². The molecule has 22 heavy (non-hydrogen) atoms. The quantitative estimate of drug-likeness (QED) is 0.855. The van der Waals surface area contributed by atoms with E-state index in [1.165, 1.54) is 0 Å². The zero-order valence-electron chi connectivity index (χ0n) is 12.6. The minimum atomic E-state index is -0.129. The van der Waals surface area contributed by atoms with Gasteiger partial charge in [0.05, 0.1) is 19.7 Å². The zero-order chi connectivity index (χ0) is 15.9. The number of nitrogens with one attached hydrogen (secondary N) is 2. The van der Waals surface area contributed by atoms with E-state index in [0.717, 1.165) is 17.0 Å². The molecule has 0 aliphatic carbocycles. The van der Waals surface area contributed by atoms with Crippen LogP contribution in [0, 0.1) is 0 Å². The molecule has 1 atom stereocenters. The highest BCUT2D eigenvalue weighted by atomic mass is 35.5. The van der Waals surface area contributed by atoms with Crippen LogP contribution in [0.1, 0.15) is 18.5 Å².